The molecular formula is C12H26N2. The van der Waals surface area contributed by atoms with Gasteiger partial charge >= 0.3 is 0 Å². The Morgan fingerprint density at radius 1 is 0.929 bits per heavy atom. The molecule has 0 amide bonds. The Morgan fingerprint density at radius 2 is 1.43 bits per heavy atom. The van der Waals surface area contributed by atoms with Crippen LogP contribution < -0.4 is 5.73 Å². The highest BCUT2D eigenvalue weighted by Gasteiger charge is 2.25. The Hall–Kier alpha value is -0.0800. The van der Waals surface area contributed by atoms with Gasteiger partial charge in [-0.15, -0.1) is 0 Å². The first-order valence-corrected chi connectivity index (χ1v) is 6.36. The van der Waals surface area contributed by atoms with E-state index in [1.165, 1.54) is 51.6 Å². The first-order valence-electron chi connectivity index (χ1n) is 6.36. The average molecular weight is 198 g/mol. The maximum absolute atomic E-state index is 5.88. The van der Waals surface area contributed by atoms with Crippen molar-refractivity contribution in [2.75, 3.05) is 13.1 Å². The monoisotopic (exact) mass is 198 g/mol. The van der Waals surface area contributed by atoms with Gasteiger partial charge in [-0.05, 0) is 51.6 Å². The summed E-state index contributed by atoms with van der Waals surface area (Å²) < 4.78 is 0. The Morgan fingerprint density at radius 3 is 1.93 bits per heavy atom. The van der Waals surface area contributed by atoms with Gasteiger partial charge < -0.3 is 10.6 Å². The van der Waals surface area contributed by atoms with Gasteiger partial charge in [-0.3, -0.25) is 0 Å². The lowest BCUT2D eigenvalue weighted by atomic mass is 9.91. The van der Waals surface area contributed by atoms with Gasteiger partial charge in [-0.2, -0.15) is 0 Å². The van der Waals surface area contributed by atoms with E-state index in [0.717, 1.165) is 6.04 Å². The van der Waals surface area contributed by atoms with Crippen molar-refractivity contribution < 1.29 is 0 Å². The van der Waals surface area contributed by atoms with Gasteiger partial charge in [0.15, 0.2) is 0 Å². The maximum Gasteiger partial charge on any atom is 0.00964 e. The third-order valence-corrected chi connectivity index (χ3v) is 3.40. The Balaban J connectivity index is 0.000000461. The molecule has 2 nitrogen and oxygen atoms in total. The molecule has 0 spiro atoms. The van der Waals surface area contributed by atoms with E-state index in [2.05, 4.69) is 4.90 Å². The molecule has 0 aromatic carbocycles. The van der Waals surface area contributed by atoms with Crippen molar-refractivity contribution in [1.29, 1.82) is 0 Å². The van der Waals surface area contributed by atoms with Gasteiger partial charge in [0.05, 0.1) is 0 Å². The van der Waals surface area contributed by atoms with E-state index in [1.54, 1.807) is 0 Å². The minimum absolute atomic E-state index is 0.504. The number of rotatable bonds is 1. The highest BCUT2D eigenvalue weighted by atomic mass is 15.2. The molecule has 0 unspecified atom stereocenters. The fourth-order valence-electron chi connectivity index (χ4n) is 2.57. The van der Waals surface area contributed by atoms with Crippen LogP contribution in [0, 0.1) is 0 Å². The molecule has 1 aliphatic carbocycles. The van der Waals surface area contributed by atoms with Crippen molar-refractivity contribution in [3.63, 3.8) is 0 Å². The van der Waals surface area contributed by atoms with Crippen LogP contribution in [0.15, 0.2) is 0 Å². The van der Waals surface area contributed by atoms with Crippen molar-refractivity contribution in [3.8, 4) is 0 Å². The minimum atomic E-state index is 0.504. The summed E-state index contributed by atoms with van der Waals surface area (Å²) in [6.45, 7) is 6.69. The van der Waals surface area contributed by atoms with E-state index in [9.17, 15) is 0 Å². The zero-order valence-electron chi connectivity index (χ0n) is 9.84. The van der Waals surface area contributed by atoms with Gasteiger partial charge in [0.25, 0.3) is 0 Å². The molecule has 0 atom stereocenters. The molecule has 2 heteroatoms. The molecule has 1 aliphatic heterocycles. The van der Waals surface area contributed by atoms with Crippen molar-refractivity contribution >= 4 is 0 Å². The van der Waals surface area contributed by atoms with Gasteiger partial charge in [0, 0.05) is 12.1 Å². The van der Waals surface area contributed by atoms with E-state index in [4.69, 9.17) is 5.73 Å². The smallest absolute Gasteiger partial charge is 0.00964 e. The molecule has 84 valence electrons. The Labute approximate surface area is 88.8 Å². The number of likely N-dealkylation sites (tertiary alicyclic amines) is 1. The molecule has 0 bridgehead atoms. The zero-order chi connectivity index (χ0) is 10.4. The second-order valence-corrected chi connectivity index (χ2v) is 4.31. The van der Waals surface area contributed by atoms with Crippen molar-refractivity contribution in [2.45, 2.75) is 64.5 Å². The molecule has 0 aromatic heterocycles. The Bertz CT molecular complexity index is 133. The third-order valence-electron chi connectivity index (χ3n) is 3.40. The molecule has 0 radical (unpaired) electrons. The number of nitrogens with zero attached hydrogens (tertiary/aromatic N) is 1. The van der Waals surface area contributed by atoms with Crippen LogP contribution in [0.25, 0.3) is 0 Å². The predicted octanol–water partition coefficient (Wildman–Crippen LogP) is 2.38. The van der Waals surface area contributed by atoms with Crippen molar-refractivity contribution in [3.05, 3.63) is 0 Å². The first-order chi connectivity index (χ1) is 6.86. The van der Waals surface area contributed by atoms with E-state index in [0.29, 0.717) is 6.04 Å². The zero-order valence-corrected chi connectivity index (χ0v) is 9.84. The summed E-state index contributed by atoms with van der Waals surface area (Å²) in [5, 5.41) is 0. The van der Waals surface area contributed by atoms with Crippen LogP contribution in [0.5, 0.6) is 0 Å². The topological polar surface area (TPSA) is 29.3 Å². The van der Waals surface area contributed by atoms with Crippen LogP contribution in [-0.4, -0.2) is 30.1 Å². The summed E-state index contributed by atoms with van der Waals surface area (Å²) >= 11 is 0. The van der Waals surface area contributed by atoms with Crippen LogP contribution >= 0.6 is 0 Å². The average Bonchev–Trinajstić information content (AvgIpc) is 2.75. The summed E-state index contributed by atoms with van der Waals surface area (Å²) in [4.78, 5) is 2.67. The second-order valence-electron chi connectivity index (χ2n) is 4.31. The molecule has 1 saturated carbocycles. The standard InChI is InChI=1S/C10H20N2.C2H6/c11-9-3-5-10(6-4-9)12-7-1-2-8-12;1-2/h9-10H,1-8,11H2;1-2H3. The van der Waals surface area contributed by atoms with E-state index < -0.39 is 0 Å². The van der Waals surface area contributed by atoms with Gasteiger partial charge in [-0.1, -0.05) is 13.8 Å². The fraction of sp³-hybridized carbons (Fsp3) is 1.00. The predicted molar refractivity (Wildman–Crippen MR) is 62.4 cm³/mol. The normalized spacial score (nSPS) is 33.6. The molecule has 2 fully saturated rings. The summed E-state index contributed by atoms with van der Waals surface area (Å²) in [7, 11) is 0. The number of hydrogen-bond donors (Lipinski definition) is 1. The third kappa shape index (κ3) is 3.25. The maximum atomic E-state index is 5.88. The molecule has 1 saturated heterocycles. The number of nitrogens with two attached hydrogens (primary N) is 1. The summed E-state index contributed by atoms with van der Waals surface area (Å²) in [6, 6.07) is 1.39. The number of hydrogen-bond acceptors (Lipinski definition) is 2. The SMILES string of the molecule is CC.NC1CCC(N2CCCC2)CC1. The molecular weight excluding hydrogens is 172 g/mol. The largest absolute Gasteiger partial charge is 0.328 e. The highest BCUT2D eigenvalue weighted by molar-refractivity contribution is 4.83. The first kappa shape index (κ1) is 12.0. The second kappa shape index (κ2) is 6.41. The van der Waals surface area contributed by atoms with Gasteiger partial charge in [0.2, 0.25) is 0 Å². The van der Waals surface area contributed by atoms with Crippen LogP contribution in [0.4, 0.5) is 0 Å². The van der Waals surface area contributed by atoms with Crippen LogP contribution in [0.3, 0.4) is 0 Å². The van der Waals surface area contributed by atoms with Crippen molar-refractivity contribution in [1.82, 2.24) is 4.90 Å². The molecule has 2 rings (SSSR count). The van der Waals surface area contributed by atoms with Crippen LogP contribution in [-0.2, 0) is 0 Å². The van der Waals surface area contributed by atoms with Crippen LogP contribution in [0.2, 0.25) is 0 Å². The minimum Gasteiger partial charge on any atom is -0.328 e. The fourth-order valence-corrected chi connectivity index (χ4v) is 2.57. The lowest BCUT2D eigenvalue weighted by Gasteiger charge is -2.33. The molecule has 1 heterocycles. The van der Waals surface area contributed by atoms with Gasteiger partial charge in [0.1, 0.15) is 0 Å². The lowest BCUT2D eigenvalue weighted by molar-refractivity contribution is 0.182. The molecule has 14 heavy (non-hydrogen) atoms. The molecule has 2 aliphatic rings. The van der Waals surface area contributed by atoms with E-state index in [1.807, 2.05) is 13.8 Å². The molecule has 0 aromatic rings. The van der Waals surface area contributed by atoms with E-state index >= 15 is 0 Å². The summed E-state index contributed by atoms with van der Waals surface area (Å²) in [6.07, 6.45) is 8.04. The quantitative estimate of drug-likeness (QED) is 0.701. The highest BCUT2D eigenvalue weighted by Crippen LogP contribution is 2.24. The van der Waals surface area contributed by atoms with Gasteiger partial charge in [-0.25, -0.2) is 0 Å². The summed E-state index contributed by atoms with van der Waals surface area (Å²) in [5.41, 5.74) is 5.88. The molecule has 2 N–H and O–H groups in total. The van der Waals surface area contributed by atoms with E-state index in [-0.39, 0.29) is 0 Å². The lowest BCUT2D eigenvalue weighted by Crippen LogP contribution is -2.39. The Kier molecular flexibility index (Phi) is 5.49. The van der Waals surface area contributed by atoms with Crippen LogP contribution in [0.1, 0.15) is 52.4 Å². The summed E-state index contributed by atoms with van der Waals surface area (Å²) in [5.74, 6) is 0. The van der Waals surface area contributed by atoms with Crippen molar-refractivity contribution in [2.24, 2.45) is 5.73 Å².